The highest BCUT2D eigenvalue weighted by Crippen LogP contribution is 2.34. The number of alkyl halides is 3. The van der Waals surface area contributed by atoms with Gasteiger partial charge in [0.25, 0.3) is 5.91 Å². The van der Waals surface area contributed by atoms with Gasteiger partial charge in [-0.25, -0.2) is 0 Å². The molecule has 1 heterocycles. The first kappa shape index (κ1) is 15.7. The molecule has 0 saturated carbocycles. The summed E-state index contributed by atoms with van der Waals surface area (Å²) in [6.45, 7) is 3.27. The molecule has 21 heavy (non-hydrogen) atoms. The van der Waals surface area contributed by atoms with Crippen molar-refractivity contribution in [1.82, 2.24) is 4.90 Å². The summed E-state index contributed by atoms with van der Waals surface area (Å²) in [6, 6.07) is 3.37. The Morgan fingerprint density at radius 1 is 1.43 bits per heavy atom. The van der Waals surface area contributed by atoms with Crippen molar-refractivity contribution in [1.29, 1.82) is 0 Å². The van der Waals surface area contributed by atoms with Gasteiger partial charge in [0.05, 0.1) is 5.56 Å². The van der Waals surface area contributed by atoms with Gasteiger partial charge < -0.3 is 10.6 Å². The third-order valence-electron chi connectivity index (χ3n) is 3.99. The Morgan fingerprint density at radius 2 is 2.14 bits per heavy atom. The fraction of sp³-hybridized carbons (Fsp3) is 0.533. The van der Waals surface area contributed by atoms with E-state index in [1.807, 2.05) is 0 Å². The minimum Gasteiger partial charge on any atom is -0.398 e. The van der Waals surface area contributed by atoms with E-state index in [9.17, 15) is 18.0 Å². The second kappa shape index (κ2) is 5.95. The van der Waals surface area contributed by atoms with Crippen LogP contribution in [0.25, 0.3) is 0 Å². The van der Waals surface area contributed by atoms with Crippen LogP contribution in [0.4, 0.5) is 18.9 Å². The molecule has 1 amide bonds. The lowest BCUT2D eigenvalue weighted by Crippen LogP contribution is -2.39. The molecular formula is C15H19F3N2O. The maximum atomic E-state index is 12.8. The lowest BCUT2D eigenvalue weighted by Gasteiger charge is -2.32. The topological polar surface area (TPSA) is 46.3 Å². The minimum absolute atomic E-state index is 0.0493. The van der Waals surface area contributed by atoms with E-state index in [2.05, 4.69) is 6.92 Å². The number of likely N-dealkylation sites (tertiary alicyclic amines) is 1. The molecule has 1 atom stereocenters. The number of hydrogen-bond donors (Lipinski definition) is 1. The Kier molecular flexibility index (Phi) is 4.44. The summed E-state index contributed by atoms with van der Waals surface area (Å²) in [5.74, 6) is 0.0808. The highest BCUT2D eigenvalue weighted by atomic mass is 19.4. The molecule has 1 aromatic rings. The molecule has 3 nitrogen and oxygen atoms in total. The fourth-order valence-corrected chi connectivity index (χ4v) is 2.70. The number of anilines is 1. The van der Waals surface area contributed by atoms with E-state index in [0.717, 1.165) is 31.4 Å². The molecule has 1 unspecified atom stereocenters. The summed E-state index contributed by atoms with van der Waals surface area (Å²) in [7, 11) is 0. The van der Waals surface area contributed by atoms with E-state index in [4.69, 9.17) is 5.73 Å². The Balaban J connectivity index is 2.23. The number of nitrogens with two attached hydrogens (primary N) is 1. The molecule has 0 aromatic heterocycles. The number of carbonyl (C=O) groups is 1. The normalized spacial score (nSPS) is 19.6. The summed E-state index contributed by atoms with van der Waals surface area (Å²) in [5, 5.41) is 0. The molecule has 0 spiro atoms. The van der Waals surface area contributed by atoms with Crippen LogP contribution in [0, 0.1) is 5.92 Å². The van der Waals surface area contributed by atoms with Crippen LogP contribution in [0.1, 0.15) is 42.1 Å². The average molecular weight is 300 g/mol. The van der Waals surface area contributed by atoms with E-state index >= 15 is 0 Å². The van der Waals surface area contributed by atoms with Crippen molar-refractivity contribution in [3.63, 3.8) is 0 Å². The lowest BCUT2D eigenvalue weighted by atomic mass is 9.95. The number of benzene rings is 1. The molecule has 1 aliphatic heterocycles. The second-order valence-electron chi connectivity index (χ2n) is 5.47. The number of piperidine rings is 1. The van der Waals surface area contributed by atoms with Gasteiger partial charge in [-0.05, 0) is 37.0 Å². The van der Waals surface area contributed by atoms with Crippen molar-refractivity contribution in [3.8, 4) is 0 Å². The van der Waals surface area contributed by atoms with E-state index in [1.165, 1.54) is 6.07 Å². The van der Waals surface area contributed by atoms with Crippen LogP contribution < -0.4 is 5.73 Å². The van der Waals surface area contributed by atoms with Crippen LogP contribution in [0.5, 0.6) is 0 Å². The first-order chi connectivity index (χ1) is 9.82. The summed E-state index contributed by atoms with van der Waals surface area (Å²) < 4.78 is 38.5. The van der Waals surface area contributed by atoms with Crippen molar-refractivity contribution < 1.29 is 18.0 Å². The molecule has 0 aliphatic carbocycles. The molecule has 0 bridgehead atoms. The van der Waals surface area contributed by atoms with Gasteiger partial charge in [-0.3, -0.25) is 4.79 Å². The standard InChI is InChI=1S/C15H19F3N2O/c1-2-10-4-3-7-20(9-10)14(21)11-5-6-13(19)12(8-11)15(16,17)18/h5-6,8,10H,2-4,7,9,19H2,1H3. The molecule has 2 rings (SSSR count). The highest BCUT2D eigenvalue weighted by molar-refractivity contribution is 5.95. The third kappa shape index (κ3) is 3.49. The van der Waals surface area contributed by atoms with Gasteiger partial charge in [-0.2, -0.15) is 13.2 Å². The van der Waals surface area contributed by atoms with Crippen LogP contribution in [0.3, 0.4) is 0 Å². The SMILES string of the molecule is CCC1CCCN(C(=O)c2ccc(N)c(C(F)(F)F)c2)C1. The Bertz CT molecular complexity index is 528. The molecular weight excluding hydrogens is 281 g/mol. The zero-order chi connectivity index (χ0) is 15.6. The lowest BCUT2D eigenvalue weighted by molar-refractivity contribution is -0.136. The van der Waals surface area contributed by atoms with Crippen LogP contribution in [0.15, 0.2) is 18.2 Å². The van der Waals surface area contributed by atoms with Crippen molar-refractivity contribution >= 4 is 11.6 Å². The third-order valence-corrected chi connectivity index (χ3v) is 3.99. The smallest absolute Gasteiger partial charge is 0.398 e. The maximum Gasteiger partial charge on any atom is 0.418 e. The van der Waals surface area contributed by atoms with Crippen LogP contribution in [-0.2, 0) is 6.18 Å². The summed E-state index contributed by atoms with van der Waals surface area (Å²) in [5.41, 5.74) is 4.10. The molecule has 2 N–H and O–H groups in total. The summed E-state index contributed by atoms with van der Waals surface area (Å²) >= 11 is 0. The minimum atomic E-state index is -4.55. The second-order valence-corrected chi connectivity index (χ2v) is 5.47. The Morgan fingerprint density at radius 3 is 2.76 bits per heavy atom. The number of halogens is 3. The fourth-order valence-electron chi connectivity index (χ4n) is 2.70. The van der Waals surface area contributed by atoms with Crippen LogP contribution in [0.2, 0.25) is 0 Å². The van der Waals surface area contributed by atoms with E-state index in [0.29, 0.717) is 19.0 Å². The number of hydrogen-bond acceptors (Lipinski definition) is 2. The van der Waals surface area contributed by atoms with Crippen LogP contribution >= 0.6 is 0 Å². The van der Waals surface area contributed by atoms with E-state index < -0.39 is 11.7 Å². The first-order valence-corrected chi connectivity index (χ1v) is 7.09. The van der Waals surface area contributed by atoms with E-state index in [-0.39, 0.29) is 17.2 Å². The average Bonchev–Trinajstić information content (AvgIpc) is 2.46. The molecule has 1 aliphatic rings. The molecule has 0 radical (unpaired) electrons. The van der Waals surface area contributed by atoms with Crippen molar-refractivity contribution in [2.75, 3.05) is 18.8 Å². The largest absolute Gasteiger partial charge is 0.418 e. The van der Waals surface area contributed by atoms with Gasteiger partial charge in [0, 0.05) is 24.3 Å². The van der Waals surface area contributed by atoms with Gasteiger partial charge in [-0.1, -0.05) is 13.3 Å². The Hall–Kier alpha value is -1.72. The molecule has 1 fully saturated rings. The van der Waals surface area contributed by atoms with Crippen molar-refractivity contribution in [3.05, 3.63) is 29.3 Å². The quantitative estimate of drug-likeness (QED) is 0.849. The number of amides is 1. The van der Waals surface area contributed by atoms with Gasteiger partial charge in [-0.15, -0.1) is 0 Å². The Labute approximate surface area is 121 Å². The van der Waals surface area contributed by atoms with Gasteiger partial charge in [0.1, 0.15) is 0 Å². The van der Waals surface area contributed by atoms with Gasteiger partial charge >= 0.3 is 6.18 Å². The highest BCUT2D eigenvalue weighted by Gasteiger charge is 2.34. The van der Waals surface area contributed by atoms with Gasteiger partial charge in [0.15, 0.2) is 0 Å². The monoisotopic (exact) mass is 300 g/mol. The number of rotatable bonds is 2. The number of nitrogens with zero attached hydrogens (tertiary/aromatic N) is 1. The predicted octanol–water partition coefficient (Wildman–Crippen LogP) is 3.55. The zero-order valence-corrected chi connectivity index (χ0v) is 11.9. The van der Waals surface area contributed by atoms with E-state index in [1.54, 1.807) is 4.90 Å². The number of carbonyl (C=O) groups excluding carboxylic acids is 1. The number of nitrogen functional groups attached to an aromatic ring is 1. The van der Waals surface area contributed by atoms with Crippen molar-refractivity contribution in [2.45, 2.75) is 32.4 Å². The van der Waals surface area contributed by atoms with Crippen LogP contribution in [-0.4, -0.2) is 23.9 Å². The molecule has 1 aromatic carbocycles. The first-order valence-electron chi connectivity index (χ1n) is 7.09. The maximum absolute atomic E-state index is 12.8. The summed E-state index contributed by atoms with van der Waals surface area (Å²) in [6.07, 6.45) is -1.62. The molecule has 116 valence electrons. The molecule has 1 saturated heterocycles. The summed E-state index contributed by atoms with van der Waals surface area (Å²) in [4.78, 5) is 14.0. The van der Waals surface area contributed by atoms with Crippen molar-refractivity contribution in [2.24, 2.45) is 5.92 Å². The molecule has 6 heteroatoms. The predicted molar refractivity (Wildman–Crippen MR) is 74.8 cm³/mol. The zero-order valence-electron chi connectivity index (χ0n) is 11.9. The van der Waals surface area contributed by atoms with Gasteiger partial charge in [0.2, 0.25) is 0 Å².